The third-order valence-corrected chi connectivity index (χ3v) is 7.34. The summed E-state index contributed by atoms with van der Waals surface area (Å²) in [6.07, 6.45) is 0.549. The molecule has 4 rings (SSSR count). The van der Waals surface area contributed by atoms with Crippen LogP contribution in [-0.2, 0) is 21.2 Å². The summed E-state index contributed by atoms with van der Waals surface area (Å²) in [5.41, 5.74) is 1.98. The van der Waals surface area contributed by atoms with E-state index < -0.39 is 27.9 Å². The zero-order valence-corrected chi connectivity index (χ0v) is 20.1. The van der Waals surface area contributed by atoms with Crippen LogP contribution >= 0.6 is 0 Å². The number of nitrogens with one attached hydrogen (secondary N) is 3. The lowest BCUT2D eigenvalue weighted by Gasteiger charge is -2.23. The number of carbonyl (C=O) groups excluding carboxylic acids is 2. The Morgan fingerprint density at radius 1 is 0.971 bits per heavy atom. The van der Waals surface area contributed by atoms with E-state index >= 15 is 0 Å². The fourth-order valence-corrected chi connectivity index (χ4v) is 5.32. The molecule has 8 heteroatoms. The molecule has 0 radical (unpaired) electrons. The maximum atomic E-state index is 13.1. The number of hydrogen-bond acceptors (Lipinski definition) is 6. The summed E-state index contributed by atoms with van der Waals surface area (Å²) in [6.45, 7) is 5.07. The van der Waals surface area contributed by atoms with Crippen LogP contribution in [0.2, 0.25) is 0 Å². The second kappa shape index (κ2) is 10.0. The van der Waals surface area contributed by atoms with Crippen LogP contribution in [0.3, 0.4) is 0 Å². The first-order valence-corrected chi connectivity index (χ1v) is 12.9. The van der Waals surface area contributed by atoms with Gasteiger partial charge in [-0.1, -0.05) is 62.4 Å². The minimum Gasteiger partial charge on any atom is -0.313 e. The summed E-state index contributed by atoms with van der Waals surface area (Å²) < 4.78 is 28.4. The van der Waals surface area contributed by atoms with Gasteiger partial charge in [-0.3, -0.25) is 9.59 Å². The Labute approximate surface area is 200 Å². The molecule has 0 aromatic heterocycles. The van der Waals surface area contributed by atoms with Gasteiger partial charge in [-0.15, -0.1) is 0 Å². The number of fused-ring (bicyclic) bond motifs is 1. The second-order valence-electron chi connectivity index (χ2n) is 8.89. The first-order valence-electron chi connectivity index (χ1n) is 11.4. The number of rotatable bonds is 7. The van der Waals surface area contributed by atoms with Crippen molar-refractivity contribution < 1.29 is 18.0 Å². The topological polar surface area (TPSA) is 104 Å². The van der Waals surface area contributed by atoms with Crippen molar-refractivity contribution in [2.24, 2.45) is 5.92 Å². The van der Waals surface area contributed by atoms with Crippen LogP contribution in [0.15, 0.2) is 65.6 Å². The molecule has 0 aliphatic carbocycles. The van der Waals surface area contributed by atoms with Crippen LogP contribution < -0.4 is 15.4 Å². The van der Waals surface area contributed by atoms with Crippen molar-refractivity contribution in [3.8, 4) is 0 Å². The first-order chi connectivity index (χ1) is 16.2. The first kappa shape index (κ1) is 24.1. The summed E-state index contributed by atoms with van der Waals surface area (Å²) in [4.78, 5) is 25.3. The van der Waals surface area contributed by atoms with Crippen molar-refractivity contribution in [2.45, 2.75) is 31.2 Å². The zero-order valence-electron chi connectivity index (χ0n) is 19.3. The molecule has 1 fully saturated rings. The van der Waals surface area contributed by atoms with E-state index in [0.29, 0.717) is 26.1 Å². The smallest absolute Gasteiger partial charge is 0.264 e. The quantitative estimate of drug-likeness (QED) is 0.450. The van der Waals surface area contributed by atoms with E-state index in [1.807, 2.05) is 36.4 Å². The van der Waals surface area contributed by atoms with Crippen molar-refractivity contribution in [1.29, 1.82) is 0 Å². The highest BCUT2D eigenvalue weighted by Crippen LogP contribution is 2.24. The van der Waals surface area contributed by atoms with Gasteiger partial charge in [0.05, 0.1) is 4.90 Å². The highest BCUT2D eigenvalue weighted by atomic mass is 32.2. The van der Waals surface area contributed by atoms with Gasteiger partial charge in [0.1, 0.15) is 6.04 Å². The molecular weight excluding hydrogens is 450 g/mol. The molecule has 1 unspecified atom stereocenters. The summed E-state index contributed by atoms with van der Waals surface area (Å²) >= 11 is 0. The molecule has 0 saturated carbocycles. The van der Waals surface area contributed by atoms with Gasteiger partial charge in [-0.2, -0.15) is 0 Å². The van der Waals surface area contributed by atoms with Crippen LogP contribution in [-0.4, -0.2) is 45.8 Å². The molecule has 0 bridgehead atoms. The normalized spacial score (nSPS) is 16.5. The molecule has 178 valence electrons. The Bertz CT molecular complexity index is 1330. The van der Waals surface area contributed by atoms with Crippen molar-refractivity contribution >= 4 is 32.5 Å². The molecule has 34 heavy (non-hydrogen) atoms. The van der Waals surface area contributed by atoms with Crippen molar-refractivity contribution in [2.75, 3.05) is 19.6 Å². The van der Waals surface area contributed by atoms with E-state index in [9.17, 15) is 18.0 Å². The van der Waals surface area contributed by atoms with Gasteiger partial charge < -0.3 is 10.6 Å². The average molecular weight is 480 g/mol. The molecule has 3 N–H and O–H groups in total. The minimum atomic E-state index is -4.22. The fraction of sp³-hybridized carbons (Fsp3) is 0.308. The Morgan fingerprint density at radius 2 is 1.68 bits per heavy atom. The Hall–Kier alpha value is -3.07. The van der Waals surface area contributed by atoms with Crippen molar-refractivity contribution in [3.63, 3.8) is 0 Å². The predicted molar refractivity (Wildman–Crippen MR) is 132 cm³/mol. The molecule has 1 atom stereocenters. The SMILES string of the molecule is CC(C)C(=O)c1cc(Cc2ccc3ccccc3c2)ccc1S(=O)(=O)NC(=O)C1CNCCN1. The third kappa shape index (κ3) is 5.35. The van der Waals surface area contributed by atoms with Gasteiger partial charge >= 0.3 is 0 Å². The number of Topliss-reactive ketones (excluding diaryl/α,β-unsaturated/α-hetero) is 1. The lowest BCUT2D eigenvalue weighted by Crippen LogP contribution is -2.56. The van der Waals surface area contributed by atoms with E-state index in [-0.39, 0.29) is 16.2 Å². The highest BCUT2D eigenvalue weighted by Gasteiger charge is 2.29. The van der Waals surface area contributed by atoms with E-state index in [2.05, 4.69) is 21.4 Å². The lowest BCUT2D eigenvalue weighted by atomic mass is 9.96. The minimum absolute atomic E-state index is 0.100. The standard InChI is InChI=1S/C26H29N3O4S/c1-17(2)25(30)22-15-19(13-18-7-9-20-5-3-4-6-21(20)14-18)8-10-24(22)34(32,33)29-26(31)23-16-27-11-12-28-23/h3-10,14-15,17,23,27-28H,11-13,16H2,1-2H3,(H,29,31). The molecule has 1 aliphatic rings. The lowest BCUT2D eigenvalue weighted by molar-refractivity contribution is -0.121. The Balaban J connectivity index is 1.64. The summed E-state index contributed by atoms with van der Waals surface area (Å²) in [6, 6.07) is 18.3. The average Bonchev–Trinajstić information content (AvgIpc) is 2.83. The molecule has 7 nitrogen and oxygen atoms in total. The second-order valence-corrected chi connectivity index (χ2v) is 10.5. The summed E-state index contributed by atoms with van der Waals surface area (Å²) in [5, 5.41) is 8.30. The molecule has 3 aromatic carbocycles. The molecular formula is C26H29N3O4S. The Morgan fingerprint density at radius 3 is 2.38 bits per heavy atom. The van der Waals surface area contributed by atoms with E-state index in [0.717, 1.165) is 21.9 Å². The van der Waals surface area contributed by atoms with E-state index in [1.165, 1.54) is 6.07 Å². The van der Waals surface area contributed by atoms with E-state index in [4.69, 9.17) is 0 Å². The molecule has 0 spiro atoms. The zero-order chi connectivity index (χ0) is 24.3. The summed E-state index contributed by atoms with van der Waals surface area (Å²) in [7, 11) is -4.22. The predicted octanol–water partition coefficient (Wildman–Crippen LogP) is 2.64. The Kier molecular flexibility index (Phi) is 7.11. The number of sulfonamides is 1. The van der Waals surface area contributed by atoms with Crippen LogP contribution in [0.4, 0.5) is 0 Å². The number of hydrogen-bond donors (Lipinski definition) is 3. The largest absolute Gasteiger partial charge is 0.313 e. The van der Waals surface area contributed by atoms with Crippen LogP contribution in [0, 0.1) is 5.92 Å². The maximum Gasteiger partial charge on any atom is 0.264 e. The number of benzene rings is 3. The van der Waals surface area contributed by atoms with Gasteiger partial charge in [0.25, 0.3) is 15.9 Å². The molecule has 1 aliphatic heterocycles. The molecule has 3 aromatic rings. The van der Waals surface area contributed by atoms with Crippen LogP contribution in [0.5, 0.6) is 0 Å². The molecule has 1 heterocycles. The summed E-state index contributed by atoms with van der Waals surface area (Å²) in [5.74, 6) is -1.33. The highest BCUT2D eigenvalue weighted by molar-refractivity contribution is 7.90. The third-order valence-electron chi connectivity index (χ3n) is 5.94. The van der Waals surface area contributed by atoms with Gasteiger partial charge in [0.15, 0.2) is 5.78 Å². The van der Waals surface area contributed by atoms with Gasteiger partial charge in [0, 0.05) is 31.1 Å². The van der Waals surface area contributed by atoms with E-state index in [1.54, 1.807) is 26.0 Å². The number of amides is 1. The van der Waals surface area contributed by atoms with Gasteiger partial charge in [-0.05, 0) is 40.5 Å². The maximum absolute atomic E-state index is 13.1. The van der Waals surface area contributed by atoms with Crippen LogP contribution in [0.1, 0.15) is 35.3 Å². The molecule has 1 amide bonds. The van der Waals surface area contributed by atoms with Crippen molar-refractivity contribution in [1.82, 2.24) is 15.4 Å². The van der Waals surface area contributed by atoms with Crippen molar-refractivity contribution in [3.05, 3.63) is 77.4 Å². The van der Waals surface area contributed by atoms with Gasteiger partial charge in [0.2, 0.25) is 0 Å². The monoisotopic (exact) mass is 479 g/mol. The molecule has 1 saturated heterocycles. The number of carbonyl (C=O) groups is 2. The van der Waals surface area contributed by atoms with Crippen LogP contribution in [0.25, 0.3) is 10.8 Å². The fourth-order valence-electron chi connectivity index (χ4n) is 4.11. The number of piperazine rings is 1. The van der Waals surface area contributed by atoms with Gasteiger partial charge in [-0.25, -0.2) is 13.1 Å². The number of ketones is 1.